The van der Waals surface area contributed by atoms with E-state index in [0.717, 1.165) is 28.3 Å². The lowest BCUT2D eigenvalue weighted by atomic mass is 10.0. The predicted octanol–water partition coefficient (Wildman–Crippen LogP) is 7.87. The lowest BCUT2D eigenvalue weighted by Gasteiger charge is -2.34. The quantitative estimate of drug-likeness (QED) is 0.128. The Morgan fingerprint density at radius 1 is 0.809 bits per heavy atom. The highest BCUT2D eigenvalue weighted by molar-refractivity contribution is 7.92. The maximum absolute atomic E-state index is 14.6. The monoisotopic (exact) mass is 693 g/mol. The number of nitrogens with one attached hydrogen (secondary N) is 1. The molecular weight excluding hydrogens is 653 g/mol. The molecule has 0 aromatic heterocycles. The van der Waals surface area contributed by atoms with Gasteiger partial charge in [-0.1, -0.05) is 117 Å². The third-order valence-electron chi connectivity index (χ3n) is 7.90. The van der Waals surface area contributed by atoms with Gasteiger partial charge in [0.2, 0.25) is 11.8 Å². The number of anilines is 1. The first-order valence-corrected chi connectivity index (χ1v) is 17.9. The fourth-order valence-electron chi connectivity index (χ4n) is 5.17. The lowest BCUT2D eigenvalue weighted by molar-refractivity contribution is -0.140. The SMILES string of the molecule is CCCCNC(=O)C(Cc1ccccc1)N(Cc1ccc(Cl)c(Cl)c1)C(=O)CN(c1ccc(C(C)C)cc1)S(=O)(=O)c1ccccc1. The largest absolute Gasteiger partial charge is 0.354 e. The fourth-order valence-corrected chi connectivity index (χ4v) is 6.92. The van der Waals surface area contributed by atoms with E-state index in [0.29, 0.717) is 27.8 Å². The zero-order valence-electron chi connectivity index (χ0n) is 26.9. The molecule has 0 radical (unpaired) electrons. The van der Waals surface area contributed by atoms with Crippen LogP contribution in [0.1, 0.15) is 56.2 Å². The molecule has 0 spiro atoms. The summed E-state index contributed by atoms with van der Waals surface area (Å²) in [5.41, 5.74) is 2.87. The van der Waals surface area contributed by atoms with E-state index in [1.165, 1.54) is 17.0 Å². The zero-order valence-corrected chi connectivity index (χ0v) is 29.2. The highest BCUT2D eigenvalue weighted by atomic mass is 35.5. The first-order valence-electron chi connectivity index (χ1n) is 15.7. The van der Waals surface area contributed by atoms with Crippen LogP contribution in [0.4, 0.5) is 5.69 Å². The Morgan fingerprint density at radius 3 is 2.04 bits per heavy atom. The van der Waals surface area contributed by atoms with Gasteiger partial charge in [-0.05, 0) is 65.4 Å². The molecule has 4 rings (SSSR count). The van der Waals surface area contributed by atoms with Crippen molar-refractivity contribution in [1.82, 2.24) is 10.2 Å². The number of nitrogens with zero attached hydrogens (tertiary/aromatic N) is 2. The van der Waals surface area contributed by atoms with Crippen molar-refractivity contribution in [3.8, 4) is 0 Å². The molecule has 7 nitrogen and oxygen atoms in total. The third-order valence-corrected chi connectivity index (χ3v) is 10.4. The Kier molecular flexibility index (Phi) is 12.9. The van der Waals surface area contributed by atoms with Crippen molar-refractivity contribution >= 4 is 50.7 Å². The van der Waals surface area contributed by atoms with Crippen LogP contribution in [0, 0.1) is 0 Å². The van der Waals surface area contributed by atoms with Gasteiger partial charge < -0.3 is 10.2 Å². The molecule has 4 aromatic rings. The number of halogens is 2. The topological polar surface area (TPSA) is 86.8 Å². The summed E-state index contributed by atoms with van der Waals surface area (Å²) in [5.74, 6) is -0.638. The van der Waals surface area contributed by atoms with E-state index >= 15 is 0 Å². The highest BCUT2D eigenvalue weighted by Gasteiger charge is 2.34. The first kappa shape index (κ1) is 36.0. The average Bonchev–Trinajstić information content (AvgIpc) is 3.07. The van der Waals surface area contributed by atoms with Gasteiger partial charge >= 0.3 is 0 Å². The normalized spacial score (nSPS) is 12.0. The number of hydrogen-bond donors (Lipinski definition) is 1. The molecule has 1 N–H and O–H groups in total. The summed E-state index contributed by atoms with van der Waals surface area (Å²) in [5, 5.41) is 3.66. The molecule has 1 unspecified atom stereocenters. The Hall–Kier alpha value is -3.85. The van der Waals surface area contributed by atoms with Crippen molar-refractivity contribution < 1.29 is 18.0 Å². The smallest absolute Gasteiger partial charge is 0.264 e. The summed E-state index contributed by atoms with van der Waals surface area (Å²) in [4.78, 5) is 30.0. The summed E-state index contributed by atoms with van der Waals surface area (Å²) >= 11 is 12.6. The lowest BCUT2D eigenvalue weighted by Crippen LogP contribution is -2.53. The maximum Gasteiger partial charge on any atom is 0.264 e. The van der Waals surface area contributed by atoms with Gasteiger partial charge in [0.25, 0.3) is 10.0 Å². The Morgan fingerprint density at radius 2 is 1.45 bits per heavy atom. The molecule has 0 aliphatic heterocycles. The standard InChI is InChI=1S/C37H41Cl2N3O4S/c1-4-5-22-40-37(44)35(24-28-12-8-6-9-13-28)41(25-29-16-21-33(38)34(39)23-29)36(43)26-42(31-19-17-30(18-20-31)27(2)3)47(45,46)32-14-10-7-11-15-32/h6-21,23,27,35H,4-5,22,24-26H2,1-3H3,(H,40,44). The van der Waals surface area contributed by atoms with Gasteiger partial charge in [0.15, 0.2) is 0 Å². The number of amides is 2. The summed E-state index contributed by atoms with van der Waals surface area (Å²) < 4.78 is 29.4. The molecule has 10 heteroatoms. The minimum absolute atomic E-state index is 0.0000674. The van der Waals surface area contributed by atoms with Crippen molar-refractivity contribution in [3.05, 3.63) is 130 Å². The van der Waals surface area contributed by atoms with Crippen molar-refractivity contribution in [1.29, 1.82) is 0 Å². The van der Waals surface area contributed by atoms with Crippen LogP contribution >= 0.6 is 23.2 Å². The highest BCUT2D eigenvalue weighted by Crippen LogP contribution is 2.28. The minimum Gasteiger partial charge on any atom is -0.354 e. The number of sulfonamides is 1. The molecule has 0 saturated heterocycles. The van der Waals surface area contributed by atoms with Gasteiger partial charge in [0.1, 0.15) is 12.6 Å². The summed E-state index contributed by atoms with van der Waals surface area (Å²) in [6.07, 6.45) is 1.89. The number of rotatable bonds is 15. The Labute approximate surface area is 288 Å². The van der Waals surface area contributed by atoms with Crippen molar-refractivity contribution in [2.75, 3.05) is 17.4 Å². The van der Waals surface area contributed by atoms with Gasteiger partial charge in [-0.3, -0.25) is 13.9 Å². The number of carbonyl (C=O) groups excluding carboxylic acids is 2. The number of hydrogen-bond acceptors (Lipinski definition) is 4. The van der Waals surface area contributed by atoms with Crippen molar-refractivity contribution in [2.45, 2.75) is 63.4 Å². The van der Waals surface area contributed by atoms with Gasteiger partial charge in [-0.25, -0.2) is 8.42 Å². The average molecular weight is 695 g/mol. The van der Waals surface area contributed by atoms with Gasteiger partial charge in [0, 0.05) is 19.5 Å². The van der Waals surface area contributed by atoms with E-state index in [2.05, 4.69) is 19.2 Å². The maximum atomic E-state index is 14.6. The molecule has 4 aromatic carbocycles. The molecule has 0 fully saturated rings. The second kappa shape index (κ2) is 16.8. The number of benzene rings is 4. The van der Waals surface area contributed by atoms with E-state index in [-0.39, 0.29) is 29.7 Å². The third kappa shape index (κ3) is 9.60. The van der Waals surface area contributed by atoms with Crippen LogP contribution in [-0.4, -0.2) is 44.3 Å². The van der Waals surface area contributed by atoms with Crippen LogP contribution in [-0.2, 0) is 32.6 Å². The van der Waals surface area contributed by atoms with Crippen LogP contribution in [0.3, 0.4) is 0 Å². The van der Waals surface area contributed by atoms with Gasteiger partial charge in [-0.2, -0.15) is 0 Å². The van der Waals surface area contributed by atoms with E-state index in [9.17, 15) is 18.0 Å². The van der Waals surface area contributed by atoms with E-state index < -0.39 is 28.5 Å². The van der Waals surface area contributed by atoms with Crippen molar-refractivity contribution in [2.24, 2.45) is 0 Å². The molecule has 0 heterocycles. The summed E-state index contributed by atoms with van der Waals surface area (Å²) in [6.45, 7) is 6.05. The number of unbranched alkanes of at least 4 members (excludes halogenated alkanes) is 1. The number of carbonyl (C=O) groups is 2. The van der Waals surface area contributed by atoms with Crippen LogP contribution in [0.2, 0.25) is 10.0 Å². The summed E-state index contributed by atoms with van der Waals surface area (Å²) in [7, 11) is -4.18. The molecule has 47 heavy (non-hydrogen) atoms. The Balaban J connectivity index is 1.80. The first-order chi connectivity index (χ1) is 22.5. The van der Waals surface area contributed by atoms with Crippen LogP contribution in [0.5, 0.6) is 0 Å². The van der Waals surface area contributed by atoms with E-state index in [1.807, 2.05) is 49.4 Å². The van der Waals surface area contributed by atoms with Crippen LogP contribution in [0.25, 0.3) is 0 Å². The second-order valence-electron chi connectivity index (χ2n) is 11.7. The molecule has 0 aliphatic rings. The minimum atomic E-state index is -4.18. The van der Waals surface area contributed by atoms with Crippen molar-refractivity contribution in [3.63, 3.8) is 0 Å². The molecular formula is C37H41Cl2N3O4S. The predicted molar refractivity (Wildman–Crippen MR) is 190 cm³/mol. The molecule has 0 bridgehead atoms. The van der Waals surface area contributed by atoms with Gasteiger partial charge in [0.05, 0.1) is 20.6 Å². The molecule has 248 valence electrons. The van der Waals surface area contributed by atoms with E-state index in [4.69, 9.17) is 23.2 Å². The second-order valence-corrected chi connectivity index (χ2v) is 14.4. The van der Waals surface area contributed by atoms with Gasteiger partial charge in [-0.15, -0.1) is 0 Å². The summed E-state index contributed by atoms with van der Waals surface area (Å²) in [6, 6.07) is 28.7. The molecule has 1 atom stereocenters. The van der Waals surface area contributed by atoms with Crippen LogP contribution < -0.4 is 9.62 Å². The molecule has 2 amide bonds. The Bertz CT molecular complexity index is 1730. The molecule has 0 aliphatic carbocycles. The van der Waals surface area contributed by atoms with E-state index in [1.54, 1.807) is 48.5 Å². The molecule has 0 saturated carbocycles. The zero-order chi connectivity index (χ0) is 34.0. The fraction of sp³-hybridized carbons (Fsp3) is 0.297. The van der Waals surface area contributed by atoms with Crippen LogP contribution in [0.15, 0.2) is 108 Å².